The predicted molar refractivity (Wildman–Crippen MR) is 49.6 cm³/mol. The Hall–Kier alpha value is -0.440. The van der Waals surface area contributed by atoms with Gasteiger partial charge in [-0.05, 0) is 6.42 Å². The molecule has 0 aromatic carbocycles. The van der Waals surface area contributed by atoms with Crippen molar-refractivity contribution in [1.82, 2.24) is 5.32 Å². The Bertz CT molecular complexity index is 130. The lowest BCUT2D eigenvalue weighted by Crippen LogP contribution is -2.28. The van der Waals surface area contributed by atoms with Crippen LogP contribution < -0.4 is 5.32 Å². The zero-order valence-corrected chi connectivity index (χ0v) is 8.10. The maximum Gasteiger partial charge on any atom is 0.405 e. The molecule has 0 aromatic heterocycles. The lowest BCUT2D eigenvalue weighted by atomic mass is 10.1. The summed E-state index contributed by atoms with van der Waals surface area (Å²) in [5, 5.41) is 10.5. The highest BCUT2D eigenvalue weighted by atomic mass is 35.5. The van der Waals surface area contributed by atoms with Crippen molar-refractivity contribution in [2.45, 2.75) is 44.5 Å². The van der Waals surface area contributed by atoms with Crippen LogP contribution in [0.2, 0.25) is 0 Å². The van der Waals surface area contributed by atoms with E-state index in [-0.39, 0.29) is 0 Å². The summed E-state index contributed by atoms with van der Waals surface area (Å²) in [4.78, 5) is 10.1. The molecular weight excluding hydrogens is 178 g/mol. The van der Waals surface area contributed by atoms with Crippen molar-refractivity contribution in [1.29, 1.82) is 0 Å². The van der Waals surface area contributed by atoms with Crippen molar-refractivity contribution >= 4 is 17.7 Å². The lowest BCUT2D eigenvalue weighted by Gasteiger charge is -2.07. The predicted octanol–water partition coefficient (Wildman–Crippen LogP) is 2.79. The van der Waals surface area contributed by atoms with E-state index in [2.05, 4.69) is 12.2 Å². The number of carbonyl (C=O) groups is 1. The van der Waals surface area contributed by atoms with Crippen LogP contribution >= 0.6 is 11.6 Å². The third-order valence-electron chi connectivity index (χ3n) is 1.59. The van der Waals surface area contributed by atoms with Gasteiger partial charge in [0, 0.05) is 0 Å². The molecular formula is C8H16ClNO2. The van der Waals surface area contributed by atoms with Crippen LogP contribution in [-0.4, -0.2) is 16.7 Å². The van der Waals surface area contributed by atoms with Crippen LogP contribution in [0.5, 0.6) is 0 Å². The van der Waals surface area contributed by atoms with Crippen LogP contribution in [0, 0.1) is 0 Å². The molecule has 0 fully saturated rings. The number of unbranched alkanes of at least 4 members (excludes halogenated alkanes) is 3. The Morgan fingerprint density at radius 2 is 2.17 bits per heavy atom. The minimum Gasteiger partial charge on any atom is -0.465 e. The molecule has 1 unspecified atom stereocenters. The van der Waals surface area contributed by atoms with Gasteiger partial charge in [0.1, 0.15) is 5.50 Å². The number of hydrogen-bond acceptors (Lipinski definition) is 1. The smallest absolute Gasteiger partial charge is 0.405 e. The average molecular weight is 194 g/mol. The fraction of sp³-hybridized carbons (Fsp3) is 0.875. The molecule has 0 saturated carbocycles. The molecule has 12 heavy (non-hydrogen) atoms. The Morgan fingerprint density at radius 1 is 1.50 bits per heavy atom. The summed E-state index contributed by atoms with van der Waals surface area (Å²) in [5.74, 6) is 0. The first-order chi connectivity index (χ1) is 5.66. The number of carboxylic acid groups (broad SMARTS) is 1. The molecule has 0 aromatic rings. The number of amides is 1. The summed E-state index contributed by atoms with van der Waals surface area (Å²) in [7, 11) is 0. The van der Waals surface area contributed by atoms with Crippen molar-refractivity contribution in [2.75, 3.05) is 0 Å². The van der Waals surface area contributed by atoms with E-state index in [1.807, 2.05) is 0 Å². The Morgan fingerprint density at radius 3 is 2.67 bits per heavy atom. The summed E-state index contributed by atoms with van der Waals surface area (Å²) < 4.78 is 0. The second-order valence-corrected chi connectivity index (χ2v) is 3.29. The first kappa shape index (κ1) is 11.6. The van der Waals surface area contributed by atoms with E-state index < -0.39 is 11.6 Å². The summed E-state index contributed by atoms with van der Waals surface area (Å²) >= 11 is 5.66. The molecule has 4 heteroatoms. The Labute approximate surface area is 78.1 Å². The van der Waals surface area contributed by atoms with Gasteiger partial charge in [-0.1, -0.05) is 44.2 Å². The van der Waals surface area contributed by atoms with Gasteiger partial charge in [0.15, 0.2) is 0 Å². The molecule has 0 aliphatic heterocycles. The Kier molecular flexibility index (Phi) is 6.96. The highest BCUT2D eigenvalue weighted by Crippen LogP contribution is 2.07. The van der Waals surface area contributed by atoms with Crippen molar-refractivity contribution < 1.29 is 9.90 Å². The molecule has 0 radical (unpaired) electrons. The van der Waals surface area contributed by atoms with Gasteiger partial charge in [-0.25, -0.2) is 4.79 Å². The van der Waals surface area contributed by atoms with Gasteiger partial charge in [0.25, 0.3) is 0 Å². The third kappa shape index (κ3) is 7.66. The van der Waals surface area contributed by atoms with Gasteiger partial charge >= 0.3 is 6.09 Å². The third-order valence-corrected chi connectivity index (χ3v) is 1.92. The first-order valence-electron chi connectivity index (χ1n) is 4.30. The topological polar surface area (TPSA) is 49.3 Å². The molecule has 0 spiro atoms. The fourth-order valence-electron chi connectivity index (χ4n) is 0.956. The summed E-state index contributed by atoms with van der Waals surface area (Å²) in [6.45, 7) is 2.13. The molecule has 3 nitrogen and oxygen atoms in total. The van der Waals surface area contributed by atoms with E-state index in [9.17, 15) is 4.79 Å². The second-order valence-electron chi connectivity index (χ2n) is 2.77. The molecule has 0 bridgehead atoms. The molecule has 0 heterocycles. The number of hydrogen-bond donors (Lipinski definition) is 2. The number of halogens is 1. The molecule has 0 saturated heterocycles. The fourth-order valence-corrected chi connectivity index (χ4v) is 1.20. The average Bonchev–Trinajstić information content (AvgIpc) is 1.97. The molecule has 0 aliphatic rings. The largest absolute Gasteiger partial charge is 0.465 e. The van der Waals surface area contributed by atoms with Gasteiger partial charge in [-0.2, -0.15) is 0 Å². The van der Waals surface area contributed by atoms with Gasteiger partial charge in [0.2, 0.25) is 0 Å². The summed E-state index contributed by atoms with van der Waals surface area (Å²) in [6.07, 6.45) is 4.15. The highest BCUT2D eigenvalue weighted by molar-refractivity contribution is 6.21. The second kappa shape index (κ2) is 7.22. The van der Waals surface area contributed by atoms with Crippen LogP contribution in [0.3, 0.4) is 0 Å². The minimum absolute atomic E-state index is 0.431. The standard InChI is InChI=1S/C8H16ClNO2/c1-2-3-4-5-6-7(9)10-8(11)12/h7,10H,2-6H2,1H3,(H,11,12). The Balaban J connectivity index is 3.19. The molecule has 0 rings (SSSR count). The van der Waals surface area contributed by atoms with E-state index in [4.69, 9.17) is 16.7 Å². The zero-order chi connectivity index (χ0) is 9.40. The van der Waals surface area contributed by atoms with Crippen LogP contribution in [0.4, 0.5) is 4.79 Å². The number of nitrogens with one attached hydrogen (secondary N) is 1. The van der Waals surface area contributed by atoms with Crippen molar-refractivity contribution in [3.63, 3.8) is 0 Å². The molecule has 1 amide bonds. The van der Waals surface area contributed by atoms with E-state index >= 15 is 0 Å². The summed E-state index contributed by atoms with van der Waals surface area (Å²) in [6, 6.07) is 0. The van der Waals surface area contributed by atoms with E-state index in [0.29, 0.717) is 6.42 Å². The first-order valence-corrected chi connectivity index (χ1v) is 4.74. The van der Waals surface area contributed by atoms with Gasteiger partial charge < -0.3 is 10.4 Å². The quantitative estimate of drug-likeness (QED) is 0.387. The monoisotopic (exact) mass is 193 g/mol. The zero-order valence-electron chi connectivity index (χ0n) is 7.35. The van der Waals surface area contributed by atoms with Gasteiger partial charge in [-0.15, -0.1) is 0 Å². The number of alkyl halides is 1. The maximum absolute atomic E-state index is 10.1. The van der Waals surface area contributed by atoms with Crippen LogP contribution in [-0.2, 0) is 0 Å². The van der Waals surface area contributed by atoms with Crippen molar-refractivity contribution in [3.8, 4) is 0 Å². The van der Waals surface area contributed by atoms with Crippen molar-refractivity contribution in [2.24, 2.45) is 0 Å². The van der Waals surface area contributed by atoms with E-state index in [0.717, 1.165) is 12.8 Å². The molecule has 1 atom stereocenters. The van der Waals surface area contributed by atoms with Gasteiger partial charge in [-0.3, -0.25) is 0 Å². The highest BCUT2D eigenvalue weighted by Gasteiger charge is 2.05. The molecule has 0 aliphatic carbocycles. The van der Waals surface area contributed by atoms with Crippen LogP contribution in [0.25, 0.3) is 0 Å². The lowest BCUT2D eigenvalue weighted by molar-refractivity contribution is 0.192. The van der Waals surface area contributed by atoms with E-state index in [1.165, 1.54) is 12.8 Å². The SMILES string of the molecule is CCCCCCC(Cl)NC(=O)O. The molecule has 2 N–H and O–H groups in total. The molecule has 72 valence electrons. The maximum atomic E-state index is 10.1. The van der Waals surface area contributed by atoms with Gasteiger partial charge in [0.05, 0.1) is 0 Å². The summed E-state index contributed by atoms with van der Waals surface area (Å²) in [5.41, 5.74) is -0.431. The normalized spacial score (nSPS) is 12.5. The van der Waals surface area contributed by atoms with E-state index in [1.54, 1.807) is 0 Å². The van der Waals surface area contributed by atoms with Crippen LogP contribution in [0.15, 0.2) is 0 Å². The van der Waals surface area contributed by atoms with Crippen molar-refractivity contribution in [3.05, 3.63) is 0 Å². The minimum atomic E-state index is -1.05. The number of rotatable bonds is 6. The van der Waals surface area contributed by atoms with Crippen LogP contribution in [0.1, 0.15) is 39.0 Å².